The molecule has 4 nitrogen and oxygen atoms in total. The third-order valence-electron chi connectivity index (χ3n) is 3.05. The van der Waals surface area contributed by atoms with E-state index in [0.29, 0.717) is 22.6 Å². The number of rotatable bonds is 7. The molecule has 0 aliphatic heterocycles. The van der Waals surface area contributed by atoms with Gasteiger partial charge in [-0.15, -0.1) is 0 Å². The molecule has 120 valence electrons. The normalized spacial score (nSPS) is 11.1. The van der Waals surface area contributed by atoms with Crippen LogP contribution in [0.2, 0.25) is 0 Å². The van der Waals surface area contributed by atoms with Crippen LogP contribution in [0.3, 0.4) is 0 Å². The molecule has 0 aliphatic rings. The smallest absolute Gasteiger partial charge is 0.210 e. The monoisotopic (exact) mass is 350 g/mol. The second-order valence-electron chi connectivity index (χ2n) is 4.68. The van der Waals surface area contributed by atoms with Crippen LogP contribution in [0.15, 0.2) is 53.4 Å². The van der Waals surface area contributed by atoms with Crippen molar-refractivity contribution in [1.82, 2.24) is 4.72 Å². The Kier molecular flexibility index (Phi) is 6.16. The zero-order chi connectivity index (χ0) is 16.7. The molecule has 0 saturated carbocycles. The summed E-state index contributed by atoms with van der Waals surface area (Å²) in [4.78, 5) is 0.121. The summed E-state index contributed by atoms with van der Waals surface area (Å²) in [6, 6.07) is 14.2. The fourth-order valence-corrected chi connectivity index (χ4v) is 3.84. The van der Waals surface area contributed by atoms with Crippen molar-refractivity contribution >= 4 is 21.8 Å². The van der Waals surface area contributed by atoms with E-state index in [1.807, 2.05) is 6.07 Å². The minimum atomic E-state index is -3.59. The highest BCUT2D eigenvalue weighted by Crippen LogP contribution is 2.15. The van der Waals surface area contributed by atoms with Gasteiger partial charge in [0.1, 0.15) is 5.82 Å². The molecule has 0 bridgehead atoms. The molecule has 2 aromatic carbocycles. The molecule has 0 amide bonds. The van der Waals surface area contributed by atoms with Crippen molar-refractivity contribution in [3.05, 3.63) is 65.5 Å². The fraction of sp³-hybridized carbons (Fsp3) is 0.188. The summed E-state index contributed by atoms with van der Waals surface area (Å²) < 4.78 is 40.0. The second kappa shape index (κ2) is 8.11. The summed E-state index contributed by atoms with van der Waals surface area (Å²) in [6.07, 6.45) is 0. The summed E-state index contributed by atoms with van der Waals surface area (Å²) in [7, 11) is -3.59. The summed E-state index contributed by atoms with van der Waals surface area (Å²) in [5, 5.41) is 8.70. The maximum absolute atomic E-state index is 13.4. The highest BCUT2D eigenvalue weighted by atomic mass is 32.2. The van der Waals surface area contributed by atoms with Crippen molar-refractivity contribution in [2.75, 3.05) is 12.3 Å². The van der Waals surface area contributed by atoms with Crippen LogP contribution in [-0.4, -0.2) is 20.7 Å². The maximum atomic E-state index is 13.4. The minimum Gasteiger partial charge on any atom is -0.210 e. The molecule has 0 atom stereocenters. The number of nitriles is 1. The lowest BCUT2D eigenvalue weighted by molar-refractivity contribution is 0.584. The molecule has 7 heteroatoms. The van der Waals surface area contributed by atoms with Gasteiger partial charge in [-0.05, 0) is 35.9 Å². The molecule has 2 rings (SSSR count). The summed E-state index contributed by atoms with van der Waals surface area (Å²) in [5.41, 5.74) is 1.01. The van der Waals surface area contributed by atoms with Gasteiger partial charge in [-0.3, -0.25) is 0 Å². The molecule has 0 aromatic heterocycles. The van der Waals surface area contributed by atoms with Crippen molar-refractivity contribution in [3.63, 3.8) is 0 Å². The molecule has 0 unspecified atom stereocenters. The summed E-state index contributed by atoms with van der Waals surface area (Å²) in [6.45, 7) is 0.251. The van der Waals surface area contributed by atoms with Crippen LogP contribution in [0.4, 0.5) is 4.39 Å². The van der Waals surface area contributed by atoms with E-state index in [-0.39, 0.29) is 17.3 Å². The molecular formula is C16H15FN2O2S2. The molecule has 0 fully saturated rings. The van der Waals surface area contributed by atoms with E-state index in [2.05, 4.69) is 4.72 Å². The van der Waals surface area contributed by atoms with E-state index >= 15 is 0 Å². The summed E-state index contributed by atoms with van der Waals surface area (Å²) >= 11 is 1.45. The molecule has 0 saturated heterocycles. The average Bonchev–Trinajstić information content (AvgIpc) is 2.56. The molecule has 0 radical (unpaired) electrons. The van der Waals surface area contributed by atoms with Gasteiger partial charge in [-0.25, -0.2) is 17.5 Å². The van der Waals surface area contributed by atoms with E-state index < -0.39 is 10.0 Å². The number of nitrogens with one attached hydrogen (secondary N) is 1. The van der Waals surface area contributed by atoms with Crippen molar-refractivity contribution in [3.8, 4) is 6.07 Å². The molecule has 0 spiro atoms. The minimum absolute atomic E-state index is 0.121. The molecule has 2 aromatic rings. The van der Waals surface area contributed by atoms with Gasteiger partial charge in [0.25, 0.3) is 0 Å². The van der Waals surface area contributed by atoms with Crippen molar-refractivity contribution in [1.29, 1.82) is 5.26 Å². The van der Waals surface area contributed by atoms with E-state index in [1.165, 1.54) is 42.1 Å². The number of benzene rings is 2. The Balaban J connectivity index is 1.81. The first kappa shape index (κ1) is 17.5. The van der Waals surface area contributed by atoms with E-state index in [9.17, 15) is 12.8 Å². The Morgan fingerprint density at radius 2 is 1.83 bits per heavy atom. The van der Waals surface area contributed by atoms with E-state index in [4.69, 9.17) is 5.26 Å². The lowest BCUT2D eigenvalue weighted by atomic mass is 10.2. The van der Waals surface area contributed by atoms with Gasteiger partial charge < -0.3 is 0 Å². The number of hydrogen-bond donors (Lipinski definition) is 1. The Morgan fingerprint density at radius 1 is 1.13 bits per heavy atom. The van der Waals surface area contributed by atoms with Crippen molar-refractivity contribution in [2.24, 2.45) is 0 Å². The van der Waals surface area contributed by atoms with Crippen LogP contribution in [0, 0.1) is 17.1 Å². The Labute approximate surface area is 139 Å². The first-order valence-electron chi connectivity index (χ1n) is 6.84. The summed E-state index contributed by atoms with van der Waals surface area (Å²) in [5.74, 6) is 0.771. The predicted molar refractivity (Wildman–Crippen MR) is 88.9 cm³/mol. The number of nitrogens with zero attached hydrogens (tertiary/aromatic N) is 1. The first-order valence-corrected chi connectivity index (χ1v) is 9.48. The SMILES string of the molecule is N#Cc1ccc(S(=O)(=O)NCCSCc2ccccc2F)cc1. The highest BCUT2D eigenvalue weighted by Gasteiger charge is 2.13. The lowest BCUT2D eigenvalue weighted by Crippen LogP contribution is -2.26. The van der Waals surface area contributed by atoms with Gasteiger partial charge in [0.05, 0.1) is 16.5 Å². The van der Waals surface area contributed by atoms with Crippen LogP contribution >= 0.6 is 11.8 Å². The van der Waals surface area contributed by atoms with Crippen LogP contribution in [0.5, 0.6) is 0 Å². The van der Waals surface area contributed by atoms with Gasteiger partial charge in [-0.2, -0.15) is 17.0 Å². The Hall–Kier alpha value is -1.88. The fourth-order valence-electron chi connectivity index (χ4n) is 1.84. The quantitative estimate of drug-likeness (QED) is 0.780. The number of hydrogen-bond acceptors (Lipinski definition) is 4. The van der Waals surface area contributed by atoms with Crippen molar-refractivity contribution < 1.29 is 12.8 Å². The number of thioether (sulfide) groups is 1. The van der Waals surface area contributed by atoms with Gasteiger partial charge in [0, 0.05) is 18.1 Å². The zero-order valence-electron chi connectivity index (χ0n) is 12.2. The lowest BCUT2D eigenvalue weighted by Gasteiger charge is -2.07. The van der Waals surface area contributed by atoms with E-state index in [1.54, 1.807) is 18.2 Å². The maximum Gasteiger partial charge on any atom is 0.240 e. The van der Waals surface area contributed by atoms with Gasteiger partial charge >= 0.3 is 0 Å². The Morgan fingerprint density at radius 3 is 2.48 bits per heavy atom. The van der Waals surface area contributed by atoms with Crippen LogP contribution in [0.1, 0.15) is 11.1 Å². The average molecular weight is 350 g/mol. The predicted octanol–water partition coefficient (Wildman–Crippen LogP) is 2.91. The van der Waals surface area contributed by atoms with Crippen molar-refractivity contribution in [2.45, 2.75) is 10.6 Å². The molecule has 1 N–H and O–H groups in total. The molecule has 23 heavy (non-hydrogen) atoms. The second-order valence-corrected chi connectivity index (χ2v) is 7.55. The van der Waals surface area contributed by atoms with Gasteiger partial charge in [0.2, 0.25) is 10.0 Å². The largest absolute Gasteiger partial charge is 0.240 e. The number of sulfonamides is 1. The van der Waals surface area contributed by atoms with E-state index in [0.717, 1.165) is 0 Å². The first-order chi connectivity index (χ1) is 11.0. The van der Waals surface area contributed by atoms with Gasteiger partial charge in [-0.1, -0.05) is 18.2 Å². The van der Waals surface area contributed by atoms with Crippen LogP contribution in [-0.2, 0) is 15.8 Å². The third kappa shape index (κ3) is 5.06. The molecule has 0 heterocycles. The Bertz CT molecular complexity index is 800. The third-order valence-corrected chi connectivity index (χ3v) is 5.53. The van der Waals surface area contributed by atoms with Crippen LogP contribution < -0.4 is 4.72 Å². The van der Waals surface area contributed by atoms with Crippen LogP contribution in [0.25, 0.3) is 0 Å². The molecule has 0 aliphatic carbocycles. The number of halogens is 1. The highest BCUT2D eigenvalue weighted by molar-refractivity contribution is 7.98. The zero-order valence-corrected chi connectivity index (χ0v) is 13.8. The van der Waals surface area contributed by atoms with Gasteiger partial charge in [0.15, 0.2) is 0 Å². The topological polar surface area (TPSA) is 70.0 Å². The molecular weight excluding hydrogens is 335 g/mol. The standard InChI is InChI=1S/C16H15FN2O2S2/c17-16-4-2-1-3-14(16)12-22-10-9-19-23(20,21)15-7-5-13(11-18)6-8-15/h1-8,19H,9-10,12H2.